The Labute approximate surface area is 163 Å². The van der Waals surface area contributed by atoms with Crippen molar-refractivity contribution in [1.29, 1.82) is 0 Å². The average molecular weight is 384 g/mol. The number of imide groups is 1. The third-order valence-corrected chi connectivity index (χ3v) is 5.55. The summed E-state index contributed by atoms with van der Waals surface area (Å²) in [5.74, 6) is 1.12. The first-order valence-electron chi connectivity index (χ1n) is 9.72. The number of rotatable bonds is 4. The van der Waals surface area contributed by atoms with E-state index in [4.69, 9.17) is 9.15 Å². The smallest absolute Gasteiger partial charge is 0.325 e. The summed E-state index contributed by atoms with van der Waals surface area (Å²) in [5.41, 5.74) is -0.0238. The van der Waals surface area contributed by atoms with Crippen LogP contribution in [0, 0.1) is 0 Å². The molecule has 1 aromatic heterocycles. The third-order valence-electron chi connectivity index (χ3n) is 5.55. The summed E-state index contributed by atoms with van der Waals surface area (Å²) in [6, 6.07) is 6.85. The van der Waals surface area contributed by atoms with E-state index in [-0.39, 0.29) is 24.4 Å². The molecular weight excluding hydrogens is 360 g/mol. The molecular formula is C20H24N4O4. The van der Waals surface area contributed by atoms with Crippen LogP contribution >= 0.6 is 0 Å². The van der Waals surface area contributed by atoms with E-state index in [1.54, 1.807) is 19.2 Å². The molecule has 1 aromatic carbocycles. The number of hydrogen-bond donors (Lipinski definition) is 1. The van der Waals surface area contributed by atoms with Crippen molar-refractivity contribution in [3.63, 3.8) is 0 Å². The molecule has 8 nitrogen and oxygen atoms in total. The molecule has 1 saturated heterocycles. The lowest BCUT2D eigenvalue weighted by Gasteiger charge is -2.28. The maximum atomic E-state index is 13.0. The molecule has 3 amide bonds. The van der Waals surface area contributed by atoms with Crippen LogP contribution in [0.25, 0.3) is 11.5 Å². The van der Waals surface area contributed by atoms with Crippen molar-refractivity contribution in [2.75, 3.05) is 7.11 Å². The highest BCUT2D eigenvalue weighted by Crippen LogP contribution is 2.33. The van der Waals surface area contributed by atoms with Gasteiger partial charge >= 0.3 is 6.03 Å². The summed E-state index contributed by atoms with van der Waals surface area (Å²) in [4.78, 5) is 26.7. The molecule has 0 atom stereocenters. The Morgan fingerprint density at radius 3 is 2.43 bits per heavy atom. The number of nitrogens with zero attached hydrogens (tertiary/aromatic N) is 3. The number of urea groups is 1. The van der Waals surface area contributed by atoms with Gasteiger partial charge in [-0.15, -0.1) is 10.2 Å². The normalized spacial score (nSPS) is 19.4. The van der Waals surface area contributed by atoms with Gasteiger partial charge in [0.15, 0.2) is 0 Å². The molecule has 1 aliphatic carbocycles. The molecule has 148 valence electrons. The molecule has 2 heterocycles. The van der Waals surface area contributed by atoms with Crippen LogP contribution in [0.15, 0.2) is 28.7 Å². The molecule has 1 spiro atoms. The summed E-state index contributed by atoms with van der Waals surface area (Å²) in [5, 5.41) is 11.0. The lowest BCUT2D eigenvalue weighted by atomic mass is 9.84. The number of benzene rings is 1. The van der Waals surface area contributed by atoms with Crippen LogP contribution in [0.3, 0.4) is 0 Å². The van der Waals surface area contributed by atoms with Gasteiger partial charge in [0.25, 0.3) is 5.91 Å². The van der Waals surface area contributed by atoms with Gasteiger partial charge in [-0.25, -0.2) is 4.79 Å². The van der Waals surface area contributed by atoms with Crippen molar-refractivity contribution in [3.05, 3.63) is 30.2 Å². The molecule has 4 rings (SSSR count). The molecule has 1 saturated carbocycles. The summed E-state index contributed by atoms with van der Waals surface area (Å²) in [6.45, 7) is -0.0183. The highest BCUT2D eigenvalue weighted by molar-refractivity contribution is 6.06. The molecule has 28 heavy (non-hydrogen) atoms. The molecule has 2 aromatic rings. The fourth-order valence-corrected chi connectivity index (χ4v) is 3.97. The predicted molar refractivity (Wildman–Crippen MR) is 100 cm³/mol. The predicted octanol–water partition coefficient (Wildman–Crippen LogP) is 3.28. The minimum atomic E-state index is -0.768. The van der Waals surface area contributed by atoms with Crippen molar-refractivity contribution < 1.29 is 18.7 Å². The number of nitrogens with one attached hydrogen (secondary N) is 1. The standard InChI is InChI=1S/C20H24N4O4/c1-27-15-9-7-14(8-10-15)17-23-22-16(28-17)13-24-18(25)20(21-19(24)26)11-5-3-2-4-6-12-20/h7-10H,2-6,11-13H2,1H3,(H,21,26). The Balaban J connectivity index is 1.48. The van der Waals surface area contributed by atoms with E-state index in [9.17, 15) is 9.59 Å². The van der Waals surface area contributed by atoms with Gasteiger partial charge in [0.2, 0.25) is 11.8 Å². The lowest BCUT2D eigenvalue weighted by Crippen LogP contribution is -2.47. The highest BCUT2D eigenvalue weighted by atomic mass is 16.5. The summed E-state index contributed by atoms with van der Waals surface area (Å²) < 4.78 is 10.8. The summed E-state index contributed by atoms with van der Waals surface area (Å²) in [6.07, 6.45) is 6.66. The van der Waals surface area contributed by atoms with Gasteiger partial charge < -0.3 is 14.5 Å². The number of carbonyl (C=O) groups is 2. The van der Waals surface area contributed by atoms with E-state index >= 15 is 0 Å². The Kier molecular flexibility index (Phi) is 5.02. The number of methoxy groups -OCH3 is 1. The monoisotopic (exact) mass is 384 g/mol. The second-order valence-electron chi connectivity index (χ2n) is 7.40. The molecule has 2 fully saturated rings. The van der Waals surface area contributed by atoms with Crippen LogP contribution in [-0.4, -0.2) is 39.7 Å². The van der Waals surface area contributed by atoms with Crippen LogP contribution < -0.4 is 10.1 Å². The second kappa shape index (κ2) is 7.61. The van der Waals surface area contributed by atoms with Crippen LogP contribution in [0.4, 0.5) is 4.79 Å². The first-order valence-corrected chi connectivity index (χ1v) is 9.72. The Morgan fingerprint density at radius 1 is 1.07 bits per heavy atom. The minimum Gasteiger partial charge on any atom is -0.497 e. The van der Waals surface area contributed by atoms with E-state index in [1.165, 1.54) is 11.3 Å². The summed E-state index contributed by atoms with van der Waals surface area (Å²) in [7, 11) is 1.60. The van der Waals surface area contributed by atoms with Gasteiger partial charge in [-0.3, -0.25) is 9.69 Å². The van der Waals surface area contributed by atoms with Gasteiger partial charge in [-0.05, 0) is 37.1 Å². The molecule has 0 radical (unpaired) electrons. The quantitative estimate of drug-likeness (QED) is 0.813. The molecule has 1 N–H and O–H groups in total. The first-order chi connectivity index (χ1) is 13.6. The van der Waals surface area contributed by atoms with E-state index in [2.05, 4.69) is 15.5 Å². The van der Waals surface area contributed by atoms with Gasteiger partial charge in [-0.1, -0.05) is 32.1 Å². The molecule has 1 aliphatic heterocycles. The zero-order valence-corrected chi connectivity index (χ0v) is 15.9. The molecule has 0 bridgehead atoms. The largest absolute Gasteiger partial charge is 0.497 e. The molecule has 8 heteroatoms. The van der Waals surface area contributed by atoms with Crippen molar-refractivity contribution in [1.82, 2.24) is 20.4 Å². The first kappa shape index (κ1) is 18.5. The van der Waals surface area contributed by atoms with Gasteiger partial charge in [0.1, 0.15) is 17.8 Å². The fraction of sp³-hybridized carbons (Fsp3) is 0.500. The van der Waals surface area contributed by atoms with Crippen molar-refractivity contribution in [2.24, 2.45) is 0 Å². The Bertz CT molecular complexity index is 853. The van der Waals surface area contributed by atoms with E-state index in [0.717, 1.165) is 37.0 Å². The van der Waals surface area contributed by atoms with Crippen LogP contribution in [0.5, 0.6) is 5.75 Å². The average Bonchev–Trinajstić information content (AvgIpc) is 3.24. The maximum absolute atomic E-state index is 13.0. The fourth-order valence-electron chi connectivity index (χ4n) is 3.97. The number of carbonyl (C=O) groups excluding carboxylic acids is 2. The number of hydrogen-bond acceptors (Lipinski definition) is 6. The SMILES string of the molecule is COc1ccc(-c2nnc(CN3C(=O)NC4(CCCCCCC4)C3=O)o2)cc1. The van der Waals surface area contributed by atoms with Crippen LogP contribution in [0.2, 0.25) is 0 Å². The highest BCUT2D eigenvalue weighted by Gasteiger charge is 2.50. The zero-order valence-electron chi connectivity index (χ0n) is 15.9. The third kappa shape index (κ3) is 3.46. The number of ether oxygens (including phenoxy) is 1. The number of aromatic nitrogens is 2. The van der Waals surface area contributed by atoms with Crippen LogP contribution in [0.1, 0.15) is 50.8 Å². The zero-order chi connectivity index (χ0) is 19.6. The van der Waals surface area contributed by atoms with Gasteiger partial charge in [-0.2, -0.15) is 0 Å². The molecule has 0 unspecified atom stereocenters. The summed E-state index contributed by atoms with van der Waals surface area (Å²) >= 11 is 0. The van der Waals surface area contributed by atoms with Crippen molar-refractivity contribution >= 4 is 11.9 Å². The van der Waals surface area contributed by atoms with E-state index in [0.29, 0.717) is 18.7 Å². The minimum absolute atomic E-state index is 0.0183. The van der Waals surface area contributed by atoms with Crippen molar-refractivity contribution in [2.45, 2.75) is 57.0 Å². The van der Waals surface area contributed by atoms with Gasteiger partial charge in [0, 0.05) is 5.56 Å². The topological polar surface area (TPSA) is 97.6 Å². The lowest BCUT2D eigenvalue weighted by molar-refractivity contribution is -0.132. The molecule has 2 aliphatic rings. The Hall–Kier alpha value is -2.90. The van der Waals surface area contributed by atoms with Crippen molar-refractivity contribution in [3.8, 4) is 17.2 Å². The van der Waals surface area contributed by atoms with E-state index in [1.807, 2.05) is 12.1 Å². The van der Waals surface area contributed by atoms with Crippen LogP contribution in [-0.2, 0) is 11.3 Å². The van der Waals surface area contributed by atoms with E-state index < -0.39 is 5.54 Å². The van der Waals surface area contributed by atoms with Gasteiger partial charge in [0.05, 0.1) is 7.11 Å². The second-order valence-corrected chi connectivity index (χ2v) is 7.40. The maximum Gasteiger partial charge on any atom is 0.325 e. The number of amides is 3. The Morgan fingerprint density at radius 2 is 1.75 bits per heavy atom.